The fourth-order valence-electron chi connectivity index (χ4n) is 1.77. The van der Waals surface area contributed by atoms with E-state index < -0.39 is 0 Å². The van der Waals surface area contributed by atoms with Gasteiger partial charge in [-0.1, -0.05) is 47.0 Å². The summed E-state index contributed by atoms with van der Waals surface area (Å²) in [6, 6.07) is 11.0. The molecule has 2 rings (SSSR count). The van der Waals surface area contributed by atoms with E-state index in [0.29, 0.717) is 22.4 Å². The molecule has 2 nitrogen and oxygen atoms in total. The van der Waals surface area contributed by atoms with Gasteiger partial charge in [0.1, 0.15) is 12.4 Å². The Hall–Kier alpha value is -1.22. The Morgan fingerprint density at radius 3 is 2.53 bits per heavy atom. The van der Waals surface area contributed by atoms with Gasteiger partial charge < -0.3 is 9.84 Å². The largest absolute Gasteiger partial charge is 0.488 e. The first kappa shape index (κ1) is 14.2. The first-order valence-electron chi connectivity index (χ1n) is 5.87. The summed E-state index contributed by atoms with van der Waals surface area (Å²) in [6.07, 6.45) is 0. The Balaban J connectivity index is 2.14. The van der Waals surface area contributed by atoms with Gasteiger partial charge >= 0.3 is 0 Å². The second kappa shape index (κ2) is 6.29. The predicted molar refractivity (Wildman–Crippen MR) is 77.9 cm³/mol. The van der Waals surface area contributed by atoms with Gasteiger partial charge in [-0.25, -0.2) is 0 Å². The number of benzene rings is 2. The van der Waals surface area contributed by atoms with E-state index in [1.165, 1.54) is 0 Å². The minimum Gasteiger partial charge on any atom is -0.488 e. The summed E-state index contributed by atoms with van der Waals surface area (Å²) < 4.78 is 5.70. The monoisotopic (exact) mass is 296 g/mol. The van der Waals surface area contributed by atoms with Crippen LogP contribution in [-0.2, 0) is 13.2 Å². The minimum absolute atomic E-state index is 0.0502. The standard InChI is InChI=1S/C15H14Cl2O2/c1-10-2-5-15(12(6-10)8-18)19-9-11-3-4-13(16)7-14(11)17/h2-7,18H,8-9H2,1H3. The number of ether oxygens (including phenoxy) is 1. The van der Waals surface area contributed by atoms with Crippen LogP contribution in [0.4, 0.5) is 0 Å². The van der Waals surface area contributed by atoms with Gasteiger partial charge in [-0.15, -0.1) is 0 Å². The molecule has 19 heavy (non-hydrogen) atoms. The van der Waals surface area contributed by atoms with E-state index in [0.717, 1.165) is 16.7 Å². The number of aliphatic hydroxyl groups is 1. The third-order valence-corrected chi connectivity index (χ3v) is 3.37. The molecule has 0 amide bonds. The lowest BCUT2D eigenvalue weighted by molar-refractivity contribution is 0.259. The number of hydrogen-bond donors (Lipinski definition) is 1. The van der Waals surface area contributed by atoms with Gasteiger partial charge in [-0.3, -0.25) is 0 Å². The van der Waals surface area contributed by atoms with Crippen LogP contribution in [0.3, 0.4) is 0 Å². The highest BCUT2D eigenvalue weighted by Gasteiger charge is 2.06. The molecule has 0 radical (unpaired) electrons. The van der Waals surface area contributed by atoms with E-state index in [1.54, 1.807) is 12.1 Å². The molecule has 0 atom stereocenters. The van der Waals surface area contributed by atoms with E-state index in [-0.39, 0.29) is 6.61 Å². The summed E-state index contributed by atoms with van der Waals surface area (Å²) in [6.45, 7) is 2.26. The molecule has 0 aliphatic rings. The van der Waals surface area contributed by atoms with Crippen LogP contribution in [0.5, 0.6) is 5.75 Å². The number of aliphatic hydroxyl groups excluding tert-OH is 1. The summed E-state index contributed by atoms with van der Waals surface area (Å²) in [5.41, 5.74) is 2.71. The second-order valence-corrected chi connectivity index (χ2v) is 5.14. The fourth-order valence-corrected chi connectivity index (χ4v) is 2.23. The highest BCUT2D eigenvalue weighted by atomic mass is 35.5. The van der Waals surface area contributed by atoms with E-state index >= 15 is 0 Å². The van der Waals surface area contributed by atoms with Crippen molar-refractivity contribution in [1.29, 1.82) is 0 Å². The van der Waals surface area contributed by atoms with Crippen molar-refractivity contribution in [3.63, 3.8) is 0 Å². The van der Waals surface area contributed by atoms with Crippen molar-refractivity contribution in [3.05, 3.63) is 63.1 Å². The molecule has 1 N–H and O–H groups in total. The highest BCUT2D eigenvalue weighted by Crippen LogP contribution is 2.25. The Kier molecular flexibility index (Phi) is 4.70. The average molecular weight is 297 g/mol. The van der Waals surface area contributed by atoms with E-state index in [9.17, 15) is 5.11 Å². The molecule has 0 heterocycles. The molecule has 0 fully saturated rings. The van der Waals surface area contributed by atoms with Gasteiger partial charge in [-0.2, -0.15) is 0 Å². The van der Waals surface area contributed by atoms with Crippen molar-refractivity contribution in [2.24, 2.45) is 0 Å². The molecule has 4 heteroatoms. The average Bonchev–Trinajstić information content (AvgIpc) is 2.39. The third kappa shape index (κ3) is 3.63. The topological polar surface area (TPSA) is 29.5 Å². The molecular formula is C15H14Cl2O2. The van der Waals surface area contributed by atoms with Crippen molar-refractivity contribution in [2.45, 2.75) is 20.1 Å². The zero-order valence-electron chi connectivity index (χ0n) is 10.5. The van der Waals surface area contributed by atoms with Gasteiger partial charge in [0.2, 0.25) is 0 Å². The lowest BCUT2D eigenvalue weighted by atomic mass is 10.1. The molecule has 100 valence electrons. The summed E-state index contributed by atoms with van der Waals surface area (Å²) in [5.74, 6) is 0.666. The lowest BCUT2D eigenvalue weighted by Gasteiger charge is -2.12. The lowest BCUT2D eigenvalue weighted by Crippen LogP contribution is -1.99. The normalized spacial score (nSPS) is 10.5. The van der Waals surface area contributed by atoms with Gasteiger partial charge in [0.15, 0.2) is 0 Å². The van der Waals surface area contributed by atoms with Crippen LogP contribution < -0.4 is 4.74 Å². The SMILES string of the molecule is Cc1ccc(OCc2ccc(Cl)cc2Cl)c(CO)c1. The van der Waals surface area contributed by atoms with Gasteiger partial charge in [0.05, 0.1) is 6.61 Å². The van der Waals surface area contributed by atoms with Crippen molar-refractivity contribution in [1.82, 2.24) is 0 Å². The molecule has 0 unspecified atom stereocenters. The molecule has 0 bridgehead atoms. The van der Waals surface area contributed by atoms with E-state index in [2.05, 4.69) is 0 Å². The third-order valence-electron chi connectivity index (χ3n) is 2.78. The quantitative estimate of drug-likeness (QED) is 0.908. The van der Waals surface area contributed by atoms with Crippen LogP contribution in [0.15, 0.2) is 36.4 Å². The summed E-state index contributed by atoms with van der Waals surface area (Å²) in [7, 11) is 0. The molecule has 0 aromatic heterocycles. The van der Waals surface area contributed by atoms with E-state index in [1.807, 2.05) is 31.2 Å². The van der Waals surface area contributed by atoms with Crippen LogP contribution in [0, 0.1) is 6.92 Å². The maximum atomic E-state index is 9.31. The maximum Gasteiger partial charge on any atom is 0.125 e. The molecular weight excluding hydrogens is 283 g/mol. The van der Waals surface area contributed by atoms with Gasteiger partial charge in [0, 0.05) is 21.2 Å². The Bertz CT molecular complexity index is 582. The summed E-state index contributed by atoms with van der Waals surface area (Å²) in [5, 5.41) is 10.5. The van der Waals surface area contributed by atoms with Crippen molar-refractivity contribution in [2.75, 3.05) is 0 Å². The molecule has 2 aromatic carbocycles. The number of hydrogen-bond acceptors (Lipinski definition) is 2. The Morgan fingerprint density at radius 1 is 1.05 bits per heavy atom. The van der Waals surface area contributed by atoms with Crippen LogP contribution >= 0.6 is 23.2 Å². The zero-order chi connectivity index (χ0) is 13.8. The van der Waals surface area contributed by atoms with Crippen molar-refractivity contribution >= 4 is 23.2 Å². The van der Waals surface area contributed by atoms with Crippen molar-refractivity contribution in [3.8, 4) is 5.75 Å². The fraction of sp³-hybridized carbons (Fsp3) is 0.200. The van der Waals surface area contributed by atoms with Gasteiger partial charge in [0.25, 0.3) is 0 Å². The number of aryl methyl sites for hydroxylation is 1. The Morgan fingerprint density at radius 2 is 1.84 bits per heavy atom. The van der Waals surface area contributed by atoms with Crippen LogP contribution in [0.2, 0.25) is 10.0 Å². The van der Waals surface area contributed by atoms with Gasteiger partial charge in [-0.05, 0) is 25.1 Å². The molecule has 0 saturated heterocycles. The molecule has 0 aliphatic carbocycles. The van der Waals surface area contributed by atoms with Crippen LogP contribution in [-0.4, -0.2) is 5.11 Å². The maximum absolute atomic E-state index is 9.31. The van der Waals surface area contributed by atoms with E-state index in [4.69, 9.17) is 27.9 Å². The van der Waals surface area contributed by atoms with Crippen LogP contribution in [0.1, 0.15) is 16.7 Å². The number of halogens is 2. The predicted octanol–water partition coefficient (Wildman–Crippen LogP) is 4.37. The van der Waals surface area contributed by atoms with Crippen molar-refractivity contribution < 1.29 is 9.84 Å². The number of rotatable bonds is 4. The first-order chi connectivity index (χ1) is 9.10. The van der Waals surface area contributed by atoms with Crippen LogP contribution in [0.25, 0.3) is 0 Å². The summed E-state index contributed by atoms with van der Waals surface area (Å²) >= 11 is 11.9. The first-order valence-corrected chi connectivity index (χ1v) is 6.63. The minimum atomic E-state index is -0.0502. The molecule has 0 saturated carbocycles. The zero-order valence-corrected chi connectivity index (χ0v) is 12.0. The molecule has 2 aromatic rings. The molecule has 0 spiro atoms. The second-order valence-electron chi connectivity index (χ2n) is 4.29. The Labute approximate surface area is 122 Å². The smallest absolute Gasteiger partial charge is 0.125 e. The highest BCUT2D eigenvalue weighted by molar-refractivity contribution is 6.35. The summed E-state index contributed by atoms with van der Waals surface area (Å²) in [4.78, 5) is 0. The molecule has 0 aliphatic heterocycles.